The predicted molar refractivity (Wildman–Crippen MR) is 120 cm³/mol. The Morgan fingerprint density at radius 3 is 2.44 bits per heavy atom. The number of hydrogen-bond acceptors (Lipinski definition) is 5. The fourth-order valence-electron chi connectivity index (χ4n) is 4.43. The van der Waals surface area contributed by atoms with Crippen LogP contribution in [0.5, 0.6) is 0 Å². The Bertz CT molecular complexity index is 1280. The van der Waals surface area contributed by atoms with Crippen molar-refractivity contribution in [2.45, 2.75) is 36.0 Å². The van der Waals surface area contributed by atoms with Gasteiger partial charge in [0.25, 0.3) is 5.91 Å². The summed E-state index contributed by atoms with van der Waals surface area (Å²) in [6.45, 7) is 0.741. The third-order valence-corrected chi connectivity index (χ3v) is 7.53. The Kier molecular flexibility index (Phi) is 7.11. The van der Waals surface area contributed by atoms with Gasteiger partial charge in [-0.3, -0.25) is 9.59 Å². The normalized spacial score (nSPS) is 19.6. The van der Waals surface area contributed by atoms with Gasteiger partial charge < -0.3 is 15.0 Å². The molecule has 1 N–H and O–H groups in total. The number of nitrogens with one attached hydrogen (secondary N) is 1. The average Bonchev–Trinajstić information content (AvgIpc) is 3.25. The van der Waals surface area contributed by atoms with Gasteiger partial charge in [-0.25, -0.2) is 12.8 Å². The summed E-state index contributed by atoms with van der Waals surface area (Å²) in [4.78, 5) is 27.7. The Balaban J connectivity index is 1.55. The number of carbonyl (C=O) groups excluding carboxylic acids is 2. The summed E-state index contributed by atoms with van der Waals surface area (Å²) in [5, 5.41) is 2.78. The van der Waals surface area contributed by atoms with Crippen molar-refractivity contribution in [2.75, 3.05) is 26.0 Å². The first-order chi connectivity index (χ1) is 16.9. The lowest BCUT2D eigenvalue weighted by atomic mass is 9.90. The molecule has 0 bridgehead atoms. The van der Waals surface area contributed by atoms with E-state index >= 15 is 0 Å². The van der Waals surface area contributed by atoms with Gasteiger partial charge in [-0.15, -0.1) is 0 Å². The predicted octanol–water partition coefficient (Wildman–Crippen LogP) is 3.36. The Morgan fingerprint density at radius 1 is 1.14 bits per heavy atom. The second-order valence-electron chi connectivity index (χ2n) is 8.98. The number of hydrogen-bond donors (Lipinski definition) is 1. The Morgan fingerprint density at radius 2 is 1.86 bits per heavy atom. The largest absolute Gasteiger partial charge is 0.419 e. The molecule has 0 aliphatic carbocycles. The second-order valence-corrected chi connectivity index (χ2v) is 11.0. The average molecular weight is 529 g/mol. The van der Waals surface area contributed by atoms with Gasteiger partial charge in [0.2, 0.25) is 5.91 Å². The molecule has 2 heterocycles. The molecular formula is C24H24F4N2O5S. The number of amides is 2. The number of nitrogens with zero attached hydrogens (tertiary/aromatic N) is 1. The number of carbonyl (C=O) groups is 2. The molecule has 0 aromatic heterocycles. The third kappa shape index (κ3) is 5.39. The van der Waals surface area contributed by atoms with Crippen LogP contribution in [0.25, 0.3) is 0 Å². The lowest BCUT2D eigenvalue weighted by Crippen LogP contribution is -2.50. The minimum atomic E-state index is -4.85. The standard InChI is InChI=1S/C24H24F4N2O5S/c1-36(33,34)17-5-2-4-15(10-17)23(32)30-9-3-6-20(30)22(31)29-21(16-12-35-13-16)14-7-8-18(19(25)11-14)24(26,27)28/h2,4-5,7-8,10-11,16,20-21H,3,6,9,12-13H2,1H3,(H,29,31)/t20-,21?/m1/s1. The van der Waals surface area contributed by atoms with Crippen molar-refractivity contribution in [3.8, 4) is 0 Å². The van der Waals surface area contributed by atoms with Gasteiger partial charge in [0.15, 0.2) is 9.84 Å². The number of benzene rings is 2. The molecule has 0 saturated carbocycles. The highest BCUT2D eigenvalue weighted by molar-refractivity contribution is 7.90. The monoisotopic (exact) mass is 528 g/mol. The molecule has 194 valence electrons. The van der Waals surface area contributed by atoms with Crippen molar-refractivity contribution in [2.24, 2.45) is 5.92 Å². The van der Waals surface area contributed by atoms with E-state index in [-0.39, 0.29) is 41.7 Å². The highest BCUT2D eigenvalue weighted by Crippen LogP contribution is 2.35. The summed E-state index contributed by atoms with van der Waals surface area (Å²) in [5.41, 5.74) is -1.12. The molecule has 2 aromatic carbocycles. The Hall–Kier alpha value is -2.99. The van der Waals surface area contributed by atoms with Gasteiger partial charge in [-0.1, -0.05) is 12.1 Å². The number of halogens is 4. The van der Waals surface area contributed by atoms with Crippen LogP contribution in [0.2, 0.25) is 0 Å². The van der Waals surface area contributed by atoms with Crippen molar-refractivity contribution in [1.29, 1.82) is 0 Å². The van der Waals surface area contributed by atoms with Crippen LogP contribution in [0.3, 0.4) is 0 Å². The minimum Gasteiger partial charge on any atom is -0.381 e. The summed E-state index contributed by atoms with van der Waals surface area (Å²) in [7, 11) is -3.54. The highest BCUT2D eigenvalue weighted by Gasteiger charge is 2.39. The van der Waals surface area contributed by atoms with E-state index in [0.29, 0.717) is 18.9 Å². The summed E-state index contributed by atoms with van der Waals surface area (Å²) < 4.78 is 82.1. The van der Waals surface area contributed by atoms with E-state index in [1.807, 2.05) is 0 Å². The Labute approximate surface area is 205 Å². The first-order valence-corrected chi connectivity index (χ1v) is 13.1. The van der Waals surface area contributed by atoms with Crippen molar-refractivity contribution in [1.82, 2.24) is 10.2 Å². The van der Waals surface area contributed by atoms with Crippen LogP contribution >= 0.6 is 0 Å². The summed E-state index contributed by atoms with van der Waals surface area (Å²) in [6, 6.07) is 6.38. The van der Waals surface area contributed by atoms with Crippen LogP contribution in [0, 0.1) is 11.7 Å². The summed E-state index contributed by atoms with van der Waals surface area (Å²) in [5.74, 6) is -2.76. The molecule has 2 aliphatic heterocycles. The van der Waals surface area contributed by atoms with E-state index in [2.05, 4.69) is 5.32 Å². The third-order valence-electron chi connectivity index (χ3n) is 6.42. The van der Waals surface area contributed by atoms with Crippen LogP contribution in [0.4, 0.5) is 17.6 Å². The zero-order valence-corrected chi connectivity index (χ0v) is 20.0. The molecule has 0 spiro atoms. The number of sulfone groups is 1. The molecule has 2 saturated heterocycles. The molecule has 12 heteroatoms. The van der Waals surface area contributed by atoms with Crippen LogP contribution in [-0.4, -0.2) is 57.2 Å². The smallest absolute Gasteiger partial charge is 0.381 e. The highest BCUT2D eigenvalue weighted by atomic mass is 32.2. The van der Waals surface area contributed by atoms with E-state index in [4.69, 9.17) is 4.74 Å². The first kappa shape index (κ1) is 26.1. The molecule has 2 fully saturated rings. The number of alkyl halides is 3. The van der Waals surface area contributed by atoms with Crippen LogP contribution in [-0.2, 0) is 25.5 Å². The lowest BCUT2D eigenvalue weighted by Gasteiger charge is -2.36. The molecule has 4 rings (SSSR count). The first-order valence-electron chi connectivity index (χ1n) is 11.2. The second kappa shape index (κ2) is 9.81. The van der Waals surface area contributed by atoms with E-state index in [9.17, 15) is 35.6 Å². The number of ether oxygens (including phenoxy) is 1. The molecule has 1 unspecified atom stereocenters. The minimum absolute atomic E-state index is 0.0251. The molecule has 2 amide bonds. The van der Waals surface area contributed by atoms with Gasteiger partial charge in [-0.2, -0.15) is 13.2 Å². The van der Waals surface area contributed by atoms with Gasteiger partial charge in [0.1, 0.15) is 11.9 Å². The molecule has 36 heavy (non-hydrogen) atoms. The fraction of sp³-hybridized carbons (Fsp3) is 0.417. The maximum atomic E-state index is 14.2. The van der Waals surface area contributed by atoms with E-state index in [1.54, 1.807) is 0 Å². The summed E-state index contributed by atoms with van der Waals surface area (Å²) in [6.07, 6.45) is -2.95. The molecule has 2 atom stereocenters. The molecule has 2 aromatic rings. The van der Waals surface area contributed by atoms with Gasteiger partial charge in [-0.05, 0) is 48.7 Å². The fourth-order valence-corrected chi connectivity index (χ4v) is 5.10. The van der Waals surface area contributed by atoms with Gasteiger partial charge >= 0.3 is 6.18 Å². The lowest BCUT2D eigenvalue weighted by molar-refractivity contribution is -0.140. The molecule has 0 radical (unpaired) electrons. The zero-order chi connectivity index (χ0) is 26.3. The van der Waals surface area contributed by atoms with Crippen LogP contribution in [0.15, 0.2) is 47.4 Å². The van der Waals surface area contributed by atoms with Gasteiger partial charge in [0, 0.05) is 24.3 Å². The van der Waals surface area contributed by atoms with E-state index in [0.717, 1.165) is 18.4 Å². The van der Waals surface area contributed by atoms with Gasteiger partial charge in [0.05, 0.1) is 29.7 Å². The topological polar surface area (TPSA) is 92.8 Å². The number of likely N-dealkylation sites (tertiary alicyclic amines) is 1. The van der Waals surface area contributed by atoms with Crippen molar-refractivity contribution < 1.29 is 40.3 Å². The molecular weight excluding hydrogens is 504 g/mol. The van der Waals surface area contributed by atoms with Crippen LogP contribution in [0.1, 0.15) is 40.4 Å². The van der Waals surface area contributed by atoms with Crippen LogP contribution < -0.4 is 5.32 Å². The SMILES string of the molecule is CS(=O)(=O)c1cccc(C(=O)N2CCC[C@@H]2C(=O)NC(c2ccc(C(F)(F)F)c(F)c2)C2COC2)c1. The van der Waals surface area contributed by atoms with E-state index in [1.165, 1.54) is 29.2 Å². The van der Waals surface area contributed by atoms with Crippen molar-refractivity contribution in [3.05, 3.63) is 65.0 Å². The molecule has 2 aliphatic rings. The quantitative estimate of drug-likeness (QED) is 0.581. The maximum Gasteiger partial charge on any atom is 0.419 e. The van der Waals surface area contributed by atoms with Crippen molar-refractivity contribution >= 4 is 21.7 Å². The number of rotatable bonds is 6. The zero-order valence-electron chi connectivity index (χ0n) is 19.2. The molecule has 7 nitrogen and oxygen atoms in total. The van der Waals surface area contributed by atoms with E-state index < -0.39 is 51.3 Å². The maximum absolute atomic E-state index is 14.2. The summed E-state index contributed by atoms with van der Waals surface area (Å²) >= 11 is 0. The van der Waals surface area contributed by atoms with Crippen molar-refractivity contribution in [3.63, 3.8) is 0 Å².